The van der Waals surface area contributed by atoms with Gasteiger partial charge >= 0.3 is 5.97 Å². The van der Waals surface area contributed by atoms with Gasteiger partial charge in [0.25, 0.3) is 0 Å². The summed E-state index contributed by atoms with van der Waals surface area (Å²) in [6.45, 7) is 1.61. The van der Waals surface area contributed by atoms with E-state index in [1.165, 1.54) is 0 Å². The van der Waals surface area contributed by atoms with E-state index in [-0.39, 0.29) is 23.4 Å². The van der Waals surface area contributed by atoms with Gasteiger partial charge in [-0.15, -0.1) is 0 Å². The first-order chi connectivity index (χ1) is 15.1. The number of piperidine rings is 1. The monoisotopic (exact) mass is 444 g/mol. The van der Waals surface area contributed by atoms with E-state index in [9.17, 15) is 20.0 Å². The van der Waals surface area contributed by atoms with Crippen LogP contribution in [-0.2, 0) is 14.3 Å². The van der Waals surface area contributed by atoms with Crippen molar-refractivity contribution in [3.05, 3.63) is 0 Å². The molecular weight excluding hydrogens is 408 g/mol. The van der Waals surface area contributed by atoms with Gasteiger partial charge in [-0.3, -0.25) is 14.5 Å². The van der Waals surface area contributed by atoms with Crippen LogP contribution >= 0.6 is 0 Å². The number of carbonyl (C=O) groups excluding carboxylic acids is 2. The van der Waals surface area contributed by atoms with Crippen LogP contribution in [0.1, 0.15) is 58.3 Å². The van der Waals surface area contributed by atoms with Gasteiger partial charge in [-0.25, -0.2) is 0 Å². The quantitative estimate of drug-likeness (QED) is 0.587. The van der Waals surface area contributed by atoms with E-state index in [2.05, 4.69) is 6.07 Å². The van der Waals surface area contributed by atoms with E-state index >= 15 is 0 Å². The predicted molar refractivity (Wildman–Crippen MR) is 116 cm³/mol. The number of rotatable bonds is 6. The topological polar surface area (TPSA) is 120 Å². The number of carbonyl (C=O) groups is 2. The lowest BCUT2D eigenvalue weighted by Crippen LogP contribution is -2.66. The number of esters is 1. The molecule has 0 aromatic carbocycles. The molecule has 4 bridgehead atoms. The number of nitriles is 1. The van der Waals surface area contributed by atoms with Crippen LogP contribution in [0.5, 0.6) is 0 Å². The molecule has 5 aliphatic carbocycles. The van der Waals surface area contributed by atoms with Gasteiger partial charge in [0.15, 0.2) is 0 Å². The Balaban J connectivity index is 1.38. The van der Waals surface area contributed by atoms with E-state index in [0.717, 1.165) is 44.9 Å². The molecule has 8 nitrogen and oxygen atoms in total. The molecule has 6 aliphatic rings. The van der Waals surface area contributed by atoms with Crippen LogP contribution in [0.15, 0.2) is 0 Å². The maximum absolute atomic E-state index is 13.6. The Morgan fingerprint density at radius 3 is 2.41 bits per heavy atom. The highest BCUT2D eigenvalue weighted by Crippen LogP contribution is 2.64. The fourth-order valence-electron chi connectivity index (χ4n) is 8.16. The van der Waals surface area contributed by atoms with Crippen LogP contribution in [0, 0.1) is 34.5 Å². The molecule has 8 atom stereocenters. The number of hydrogen-bond donors (Lipinski definition) is 2. The standard InChI is InChI=1S/C24H36N4O4/c1-13(29)19(27(2)3)22(31)32-24-9-14-4-15(10-24)8-23(7-14,12-24)20(26)21(30)28-17(11-25)5-16-6-18(16)28/h13-20,29H,4-10,12,26H2,1-3H3. The van der Waals surface area contributed by atoms with E-state index in [0.29, 0.717) is 24.2 Å². The molecule has 8 unspecified atom stereocenters. The Hall–Kier alpha value is -1.69. The van der Waals surface area contributed by atoms with Crippen molar-refractivity contribution in [1.29, 1.82) is 5.26 Å². The Labute approximate surface area is 190 Å². The average Bonchev–Trinajstić information content (AvgIpc) is 3.34. The summed E-state index contributed by atoms with van der Waals surface area (Å²) in [7, 11) is 3.53. The van der Waals surface area contributed by atoms with E-state index in [4.69, 9.17) is 10.5 Å². The molecule has 176 valence electrons. The smallest absolute Gasteiger partial charge is 0.326 e. The maximum atomic E-state index is 13.6. The zero-order chi connectivity index (χ0) is 23.0. The van der Waals surface area contributed by atoms with E-state index in [1.807, 2.05) is 0 Å². The predicted octanol–water partition coefficient (Wildman–Crippen LogP) is 1.02. The molecule has 3 N–H and O–H groups in total. The van der Waals surface area contributed by atoms with Gasteiger partial charge < -0.3 is 20.5 Å². The third kappa shape index (κ3) is 3.36. The summed E-state index contributed by atoms with van der Waals surface area (Å²) < 4.78 is 6.21. The van der Waals surface area contributed by atoms with Crippen molar-refractivity contribution in [1.82, 2.24) is 9.80 Å². The average molecular weight is 445 g/mol. The van der Waals surface area contributed by atoms with Gasteiger partial charge in [0.1, 0.15) is 17.7 Å². The third-order valence-corrected chi connectivity index (χ3v) is 9.06. The van der Waals surface area contributed by atoms with Crippen molar-refractivity contribution in [2.24, 2.45) is 28.9 Å². The molecule has 6 fully saturated rings. The second-order valence-corrected chi connectivity index (χ2v) is 11.7. The minimum absolute atomic E-state index is 0.0832. The number of nitrogens with zero attached hydrogens (tertiary/aromatic N) is 3. The van der Waals surface area contributed by atoms with Crippen molar-refractivity contribution >= 4 is 11.9 Å². The second-order valence-electron chi connectivity index (χ2n) is 11.7. The Morgan fingerprint density at radius 2 is 1.84 bits per heavy atom. The number of aliphatic hydroxyl groups is 1. The lowest BCUT2D eigenvalue weighted by Gasteiger charge is -2.62. The SMILES string of the molecule is CC(O)C(C(=O)OC12CC3CC(C1)CC(C(N)C(=O)N1C(C#N)CC4CC41)(C3)C2)N(C)C. The van der Waals surface area contributed by atoms with Crippen LogP contribution in [0.3, 0.4) is 0 Å². The van der Waals surface area contributed by atoms with Crippen molar-refractivity contribution in [3.63, 3.8) is 0 Å². The van der Waals surface area contributed by atoms with Crippen molar-refractivity contribution < 1.29 is 19.4 Å². The zero-order valence-corrected chi connectivity index (χ0v) is 19.4. The number of amides is 1. The van der Waals surface area contributed by atoms with E-state index < -0.39 is 29.8 Å². The fraction of sp³-hybridized carbons (Fsp3) is 0.875. The van der Waals surface area contributed by atoms with E-state index in [1.54, 1.807) is 30.8 Å². The first-order valence-electron chi connectivity index (χ1n) is 12.1. The molecule has 1 aliphatic heterocycles. The van der Waals surface area contributed by atoms with Crippen LogP contribution in [-0.4, -0.2) is 76.8 Å². The van der Waals surface area contributed by atoms with Crippen LogP contribution in [0.2, 0.25) is 0 Å². The zero-order valence-electron chi connectivity index (χ0n) is 19.4. The van der Waals surface area contributed by atoms with Gasteiger partial charge in [-0.2, -0.15) is 5.26 Å². The fourth-order valence-corrected chi connectivity index (χ4v) is 8.16. The maximum Gasteiger partial charge on any atom is 0.326 e. The van der Waals surface area contributed by atoms with Crippen molar-refractivity contribution in [3.8, 4) is 6.07 Å². The number of nitrogens with two attached hydrogens (primary N) is 1. The highest BCUT2D eigenvalue weighted by molar-refractivity contribution is 5.84. The molecule has 1 amide bonds. The number of fused-ring (bicyclic) bond motifs is 1. The second kappa shape index (κ2) is 7.41. The van der Waals surface area contributed by atoms with Gasteiger partial charge in [0, 0.05) is 6.04 Å². The molecule has 8 heteroatoms. The lowest BCUT2D eigenvalue weighted by atomic mass is 9.46. The van der Waals surface area contributed by atoms with Crippen LogP contribution in [0.4, 0.5) is 0 Å². The summed E-state index contributed by atoms with van der Waals surface area (Å²) in [6.07, 6.45) is 6.03. The van der Waals surface area contributed by atoms with Gasteiger partial charge in [-0.1, -0.05) is 0 Å². The number of hydrogen-bond acceptors (Lipinski definition) is 7. The Morgan fingerprint density at radius 1 is 1.19 bits per heavy atom. The lowest BCUT2D eigenvalue weighted by molar-refractivity contribution is -0.211. The molecule has 6 rings (SSSR count). The molecule has 0 radical (unpaired) electrons. The minimum atomic E-state index is -0.839. The molecule has 32 heavy (non-hydrogen) atoms. The molecule has 1 heterocycles. The first kappa shape index (κ1) is 22.1. The summed E-state index contributed by atoms with van der Waals surface area (Å²) in [5, 5.41) is 19.7. The van der Waals surface area contributed by atoms with Gasteiger partial charge in [0.05, 0.1) is 18.2 Å². The summed E-state index contributed by atoms with van der Waals surface area (Å²) >= 11 is 0. The summed E-state index contributed by atoms with van der Waals surface area (Å²) in [5.41, 5.74) is 5.76. The molecule has 5 saturated carbocycles. The third-order valence-electron chi connectivity index (χ3n) is 9.06. The number of aliphatic hydroxyl groups excluding tert-OH is 1. The largest absolute Gasteiger partial charge is 0.458 e. The molecular formula is C24H36N4O4. The normalized spacial score (nSPS) is 44.0. The number of ether oxygens (including phenoxy) is 1. The molecule has 0 spiro atoms. The van der Waals surface area contributed by atoms with Gasteiger partial charge in [0.2, 0.25) is 5.91 Å². The number of likely N-dealkylation sites (tertiary alicyclic amines) is 1. The summed E-state index contributed by atoms with van der Waals surface area (Å²) in [4.78, 5) is 30.1. The first-order valence-corrected chi connectivity index (χ1v) is 12.1. The van der Waals surface area contributed by atoms with Crippen molar-refractivity contribution in [2.45, 2.75) is 94.2 Å². The molecule has 0 aromatic rings. The highest BCUT2D eigenvalue weighted by atomic mass is 16.6. The van der Waals surface area contributed by atoms with Crippen LogP contribution < -0.4 is 5.73 Å². The Bertz CT molecular complexity index is 829. The minimum Gasteiger partial charge on any atom is -0.458 e. The Kier molecular flexibility index (Phi) is 5.12. The summed E-state index contributed by atoms with van der Waals surface area (Å²) in [5.74, 6) is 0.771. The van der Waals surface area contributed by atoms with Crippen LogP contribution in [0.25, 0.3) is 0 Å². The summed E-state index contributed by atoms with van der Waals surface area (Å²) in [6, 6.07) is 0.749. The molecule has 0 aromatic heterocycles. The molecule has 1 saturated heterocycles. The number of likely N-dealkylation sites (N-methyl/N-ethyl adjacent to an activating group) is 1. The van der Waals surface area contributed by atoms with Gasteiger partial charge in [-0.05, 0) is 95.6 Å². The highest BCUT2D eigenvalue weighted by Gasteiger charge is 2.64. The van der Waals surface area contributed by atoms with Crippen molar-refractivity contribution in [2.75, 3.05) is 14.1 Å².